The number of hydrogen-bond acceptors (Lipinski definition) is 7. The van der Waals surface area contributed by atoms with Crippen molar-refractivity contribution < 1.29 is 46.6 Å². The molecule has 0 atom stereocenters. The van der Waals surface area contributed by atoms with Gasteiger partial charge in [0.1, 0.15) is 11.4 Å². The summed E-state index contributed by atoms with van der Waals surface area (Å²) in [6, 6.07) is 10.6. The molecule has 1 aliphatic rings. The topological polar surface area (TPSA) is 127 Å². The normalized spacial score (nSPS) is 13.9. The highest BCUT2D eigenvalue weighted by atomic mass is 19.4. The van der Waals surface area contributed by atoms with Crippen LogP contribution in [0, 0.1) is 0 Å². The Morgan fingerprint density at radius 2 is 1.57 bits per heavy atom. The molecule has 2 aromatic rings. The highest BCUT2D eigenvalue weighted by Gasteiger charge is 2.33. The lowest BCUT2D eigenvalue weighted by molar-refractivity contribution is -0.274. The number of piperidine rings is 1. The maximum Gasteiger partial charge on any atom is 0.573 e. The summed E-state index contributed by atoms with van der Waals surface area (Å²) in [5.74, 6) is -1.24. The molecule has 44 heavy (non-hydrogen) atoms. The Morgan fingerprint density at radius 3 is 2.11 bits per heavy atom. The Hall–Kier alpha value is -4.49. The van der Waals surface area contributed by atoms with E-state index in [9.17, 15) is 32.3 Å². The van der Waals surface area contributed by atoms with E-state index >= 15 is 0 Å². The monoisotopic (exact) mass is 622 g/mol. The predicted octanol–water partition coefficient (Wildman–Crippen LogP) is 5.31. The molecule has 0 spiro atoms. The lowest BCUT2D eigenvalue weighted by atomic mass is 10.0. The number of alkyl halides is 3. The highest BCUT2D eigenvalue weighted by Crippen LogP contribution is 2.26. The minimum atomic E-state index is -4.84. The summed E-state index contributed by atoms with van der Waals surface area (Å²) >= 11 is 0. The zero-order valence-corrected chi connectivity index (χ0v) is 25.0. The largest absolute Gasteiger partial charge is 0.573 e. The first kappa shape index (κ1) is 34.0. The molecule has 0 aromatic heterocycles. The van der Waals surface area contributed by atoms with Gasteiger partial charge in [-0.1, -0.05) is 12.1 Å². The number of nitrogens with one attached hydrogen (secondary N) is 2. The van der Waals surface area contributed by atoms with Gasteiger partial charge >= 0.3 is 24.5 Å². The van der Waals surface area contributed by atoms with Crippen molar-refractivity contribution in [2.24, 2.45) is 0 Å². The third kappa shape index (κ3) is 11.0. The molecule has 1 fully saturated rings. The molecule has 4 amide bonds. The molecule has 11 nitrogen and oxygen atoms in total. The Kier molecular flexibility index (Phi) is 11.4. The molecular weight excluding hydrogens is 585 g/mol. The average molecular weight is 623 g/mol. The van der Waals surface area contributed by atoms with E-state index in [0.717, 1.165) is 17.7 Å². The Bertz CT molecular complexity index is 1290. The van der Waals surface area contributed by atoms with Gasteiger partial charge in [0.25, 0.3) is 5.91 Å². The van der Waals surface area contributed by atoms with Crippen LogP contribution >= 0.6 is 0 Å². The number of nitrogens with zero attached hydrogens (tertiary/aromatic N) is 2. The van der Waals surface area contributed by atoms with Gasteiger partial charge in [0.05, 0.1) is 13.5 Å². The van der Waals surface area contributed by atoms with Crippen molar-refractivity contribution in [3.63, 3.8) is 0 Å². The number of likely N-dealkylation sites (tertiary alicyclic amines) is 1. The van der Waals surface area contributed by atoms with Crippen molar-refractivity contribution >= 4 is 29.7 Å². The van der Waals surface area contributed by atoms with Gasteiger partial charge < -0.3 is 34.6 Å². The number of methoxy groups -OCH3 is 1. The summed E-state index contributed by atoms with van der Waals surface area (Å²) in [5, 5.41) is 5.36. The maximum atomic E-state index is 13.5. The van der Waals surface area contributed by atoms with Gasteiger partial charge in [-0.05, 0) is 75.6 Å². The molecule has 0 radical (unpaired) electrons. The summed E-state index contributed by atoms with van der Waals surface area (Å²) < 4.78 is 51.5. The fourth-order valence-corrected chi connectivity index (χ4v) is 4.43. The third-order valence-electron chi connectivity index (χ3n) is 6.57. The van der Waals surface area contributed by atoms with Crippen LogP contribution < -0.4 is 15.4 Å². The number of ether oxygens (including phenoxy) is 3. The number of halogens is 3. The van der Waals surface area contributed by atoms with E-state index in [1.807, 2.05) is 0 Å². The zero-order chi connectivity index (χ0) is 32.5. The molecule has 240 valence electrons. The van der Waals surface area contributed by atoms with Gasteiger partial charge in [-0.15, -0.1) is 13.2 Å². The van der Waals surface area contributed by atoms with Crippen molar-refractivity contribution in [3.05, 3.63) is 59.7 Å². The number of benzene rings is 2. The first-order chi connectivity index (χ1) is 20.6. The molecule has 3 rings (SSSR count). The smallest absolute Gasteiger partial charge is 0.469 e. The second kappa shape index (κ2) is 14.8. The molecule has 0 bridgehead atoms. The summed E-state index contributed by atoms with van der Waals surface area (Å²) in [6.45, 7) is 6.33. The van der Waals surface area contributed by atoms with Crippen LogP contribution in [-0.2, 0) is 20.8 Å². The van der Waals surface area contributed by atoms with E-state index in [1.54, 1.807) is 54.8 Å². The third-order valence-corrected chi connectivity index (χ3v) is 6.57. The van der Waals surface area contributed by atoms with Crippen LogP contribution in [0.1, 0.15) is 56.0 Å². The van der Waals surface area contributed by atoms with E-state index in [2.05, 4.69) is 20.1 Å². The van der Waals surface area contributed by atoms with Gasteiger partial charge in [-0.25, -0.2) is 9.59 Å². The lowest BCUT2D eigenvalue weighted by Gasteiger charge is -2.39. The first-order valence-electron chi connectivity index (χ1n) is 14.0. The minimum absolute atomic E-state index is 0.0369. The van der Waals surface area contributed by atoms with Crippen LogP contribution in [0.3, 0.4) is 0 Å². The van der Waals surface area contributed by atoms with Crippen LogP contribution in [0.2, 0.25) is 0 Å². The van der Waals surface area contributed by atoms with E-state index in [0.29, 0.717) is 31.5 Å². The summed E-state index contributed by atoms with van der Waals surface area (Å²) in [5.41, 5.74) is 0.696. The fourth-order valence-electron chi connectivity index (χ4n) is 4.43. The number of anilines is 1. The number of hydrogen-bond donors (Lipinski definition) is 2. The van der Waals surface area contributed by atoms with Crippen LogP contribution in [0.5, 0.6) is 5.75 Å². The molecule has 0 unspecified atom stereocenters. The molecular formula is C30H37F3N4O7. The van der Waals surface area contributed by atoms with Gasteiger partial charge in [-0.2, -0.15) is 0 Å². The molecule has 1 aliphatic heterocycles. The highest BCUT2D eigenvalue weighted by molar-refractivity contribution is 5.94. The van der Waals surface area contributed by atoms with Crippen molar-refractivity contribution in [1.82, 2.24) is 15.1 Å². The van der Waals surface area contributed by atoms with Crippen LogP contribution in [0.15, 0.2) is 48.5 Å². The molecule has 1 heterocycles. The van der Waals surface area contributed by atoms with Crippen LogP contribution in [-0.4, -0.2) is 78.5 Å². The SMILES string of the molecule is COC(=O)CCNC(=O)c1ccc(CN(C(=O)Nc2ccc(OC(F)(F)F)cc2)C2CCN(C(=O)OC(C)(C)C)CC2)cc1. The van der Waals surface area contributed by atoms with Gasteiger partial charge in [0.15, 0.2) is 0 Å². The predicted molar refractivity (Wildman–Crippen MR) is 154 cm³/mol. The Balaban J connectivity index is 1.71. The molecule has 0 aliphatic carbocycles. The molecule has 14 heteroatoms. The number of esters is 1. The summed E-state index contributed by atoms with van der Waals surface area (Å²) in [4.78, 5) is 52.9. The average Bonchev–Trinajstić information content (AvgIpc) is 2.95. The maximum absolute atomic E-state index is 13.5. The molecule has 2 N–H and O–H groups in total. The minimum Gasteiger partial charge on any atom is -0.469 e. The Morgan fingerprint density at radius 1 is 0.955 bits per heavy atom. The summed E-state index contributed by atoms with van der Waals surface area (Å²) in [7, 11) is 1.26. The molecule has 1 saturated heterocycles. The molecule has 2 aromatic carbocycles. The van der Waals surface area contributed by atoms with Crippen molar-refractivity contribution in [1.29, 1.82) is 0 Å². The van der Waals surface area contributed by atoms with Crippen molar-refractivity contribution in [2.45, 2.75) is 64.6 Å². The molecule has 0 saturated carbocycles. The summed E-state index contributed by atoms with van der Waals surface area (Å²) in [6.07, 6.45) is -4.31. The van der Waals surface area contributed by atoms with E-state index in [1.165, 1.54) is 19.2 Å². The quantitative estimate of drug-likeness (QED) is 0.363. The standard InChI is InChI=1S/C30H37F3N4O7/c1-29(2,3)44-28(41)36-17-14-23(15-18-36)37(27(40)35-22-9-11-24(12-10-22)43-30(31,32)33)19-20-5-7-21(8-6-20)26(39)34-16-13-25(38)42-4/h5-12,23H,13-19H2,1-4H3,(H,34,39)(H,35,40). The van der Waals surface area contributed by atoms with E-state index in [-0.39, 0.29) is 37.1 Å². The van der Waals surface area contributed by atoms with Crippen molar-refractivity contribution in [3.8, 4) is 5.75 Å². The van der Waals surface area contributed by atoms with E-state index < -0.39 is 35.8 Å². The van der Waals surface area contributed by atoms with Crippen LogP contribution in [0.4, 0.5) is 28.4 Å². The van der Waals surface area contributed by atoms with E-state index in [4.69, 9.17) is 4.74 Å². The number of carbonyl (C=O) groups is 4. The first-order valence-corrected chi connectivity index (χ1v) is 14.0. The second-order valence-electron chi connectivity index (χ2n) is 11.1. The number of amides is 4. The second-order valence-corrected chi connectivity index (χ2v) is 11.1. The Labute approximate surface area is 253 Å². The van der Waals surface area contributed by atoms with Gasteiger partial charge in [0, 0.05) is 43.5 Å². The van der Waals surface area contributed by atoms with Crippen molar-refractivity contribution in [2.75, 3.05) is 32.1 Å². The van der Waals surface area contributed by atoms with Gasteiger partial charge in [0.2, 0.25) is 0 Å². The lowest BCUT2D eigenvalue weighted by Crippen LogP contribution is -2.50. The fraction of sp³-hybridized carbons (Fsp3) is 0.467. The van der Waals surface area contributed by atoms with Gasteiger partial charge in [-0.3, -0.25) is 9.59 Å². The number of urea groups is 1. The number of carbonyl (C=O) groups excluding carboxylic acids is 4. The number of rotatable bonds is 9. The zero-order valence-electron chi connectivity index (χ0n) is 25.0. The van der Waals surface area contributed by atoms with Crippen LogP contribution in [0.25, 0.3) is 0 Å².